The van der Waals surface area contributed by atoms with Gasteiger partial charge in [-0.2, -0.15) is 0 Å². The van der Waals surface area contributed by atoms with E-state index < -0.39 is 5.97 Å². The summed E-state index contributed by atoms with van der Waals surface area (Å²) in [5.41, 5.74) is 1.76. The largest absolute Gasteiger partial charge is 0.477 e. The zero-order valence-corrected chi connectivity index (χ0v) is 9.65. The number of aromatic carboxylic acids is 1. The zero-order valence-electron chi connectivity index (χ0n) is 8.02. The van der Waals surface area contributed by atoms with Gasteiger partial charge in [0.2, 0.25) is 0 Å². The van der Waals surface area contributed by atoms with Gasteiger partial charge in [0.25, 0.3) is 0 Å². The number of carboxylic acids is 1. The number of hydrogen-bond donors (Lipinski definition) is 1. The number of oxime groups is 1. The third-order valence-electron chi connectivity index (χ3n) is 1.99. The summed E-state index contributed by atoms with van der Waals surface area (Å²) in [5.74, 6) is 0.0427. The Morgan fingerprint density at radius 1 is 1.67 bits per heavy atom. The molecular weight excluding hydrogens is 234 g/mol. The highest BCUT2D eigenvalue weighted by Gasteiger charge is 2.22. The van der Waals surface area contributed by atoms with Crippen LogP contribution in [0.5, 0.6) is 0 Å². The highest BCUT2D eigenvalue weighted by molar-refractivity contribution is 8.01. The van der Waals surface area contributed by atoms with Crippen LogP contribution < -0.4 is 0 Å². The van der Waals surface area contributed by atoms with Gasteiger partial charge in [-0.25, -0.2) is 4.79 Å². The number of fused-ring (bicyclic) bond motifs is 1. The summed E-state index contributed by atoms with van der Waals surface area (Å²) in [6.07, 6.45) is 0.821. The Morgan fingerprint density at radius 2 is 2.47 bits per heavy atom. The SMILES string of the molecule is CON=C1CCSc2sc(C(=O)O)cc21. The summed E-state index contributed by atoms with van der Waals surface area (Å²) in [6, 6.07) is 1.67. The molecule has 0 bridgehead atoms. The Bertz CT molecular complexity index is 425. The summed E-state index contributed by atoms with van der Waals surface area (Å²) in [4.78, 5) is 15.9. The molecule has 0 amide bonds. The Morgan fingerprint density at radius 3 is 3.13 bits per heavy atom. The molecule has 4 nitrogen and oxygen atoms in total. The average Bonchev–Trinajstić information content (AvgIpc) is 2.63. The molecule has 2 heterocycles. The van der Waals surface area contributed by atoms with Gasteiger partial charge < -0.3 is 9.94 Å². The Labute approximate surface area is 94.9 Å². The molecule has 0 saturated carbocycles. The third-order valence-corrected chi connectivity index (χ3v) is 4.40. The fourth-order valence-electron chi connectivity index (χ4n) is 1.37. The van der Waals surface area contributed by atoms with E-state index in [2.05, 4.69) is 5.16 Å². The van der Waals surface area contributed by atoms with Crippen molar-refractivity contribution in [3.63, 3.8) is 0 Å². The quantitative estimate of drug-likeness (QED) is 0.810. The first kappa shape index (κ1) is 10.5. The van der Waals surface area contributed by atoms with E-state index in [1.807, 2.05) is 0 Å². The Hall–Kier alpha value is -1.01. The first-order valence-corrected chi connectivity index (χ1v) is 6.13. The molecule has 0 atom stereocenters. The van der Waals surface area contributed by atoms with Crippen LogP contribution in [-0.4, -0.2) is 29.7 Å². The molecule has 15 heavy (non-hydrogen) atoms. The fraction of sp³-hybridized carbons (Fsp3) is 0.333. The van der Waals surface area contributed by atoms with Crippen molar-refractivity contribution in [1.82, 2.24) is 0 Å². The highest BCUT2D eigenvalue weighted by atomic mass is 32.2. The van der Waals surface area contributed by atoms with Gasteiger partial charge in [-0.15, -0.1) is 23.1 Å². The van der Waals surface area contributed by atoms with Gasteiger partial charge in [0.15, 0.2) is 0 Å². The van der Waals surface area contributed by atoms with E-state index in [9.17, 15) is 4.79 Å². The second-order valence-electron chi connectivity index (χ2n) is 2.94. The van der Waals surface area contributed by atoms with Crippen LogP contribution >= 0.6 is 23.1 Å². The van der Waals surface area contributed by atoms with Gasteiger partial charge in [-0.3, -0.25) is 0 Å². The van der Waals surface area contributed by atoms with Crippen LogP contribution in [0.2, 0.25) is 0 Å². The lowest BCUT2D eigenvalue weighted by molar-refractivity contribution is 0.0702. The van der Waals surface area contributed by atoms with Gasteiger partial charge >= 0.3 is 5.97 Å². The number of nitrogens with zero attached hydrogens (tertiary/aromatic N) is 1. The second-order valence-corrected chi connectivity index (χ2v) is 5.35. The smallest absolute Gasteiger partial charge is 0.345 e. The van der Waals surface area contributed by atoms with Crippen molar-refractivity contribution in [2.75, 3.05) is 12.9 Å². The van der Waals surface area contributed by atoms with Crippen molar-refractivity contribution >= 4 is 34.8 Å². The minimum absolute atomic E-state index is 0.359. The van der Waals surface area contributed by atoms with E-state index in [1.165, 1.54) is 18.4 Å². The Balaban J connectivity index is 2.43. The predicted molar refractivity (Wildman–Crippen MR) is 60.2 cm³/mol. The fourth-order valence-corrected chi connectivity index (χ4v) is 3.69. The van der Waals surface area contributed by atoms with E-state index in [0.29, 0.717) is 4.88 Å². The minimum atomic E-state index is -0.883. The number of rotatable bonds is 2. The molecule has 0 fully saturated rings. The van der Waals surface area contributed by atoms with Crippen LogP contribution in [0.3, 0.4) is 0 Å². The normalized spacial score (nSPS) is 17.5. The van der Waals surface area contributed by atoms with E-state index in [4.69, 9.17) is 9.94 Å². The van der Waals surface area contributed by atoms with Crippen molar-refractivity contribution < 1.29 is 14.7 Å². The summed E-state index contributed by atoms with van der Waals surface area (Å²) < 4.78 is 1.02. The van der Waals surface area contributed by atoms with Crippen LogP contribution in [0, 0.1) is 0 Å². The molecule has 1 aromatic rings. The number of thiophene rings is 1. The van der Waals surface area contributed by atoms with Gasteiger partial charge in [-0.05, 0) is 6.07 Å². The van der Waals surface area contributed by atoms with E-state index in [0.717, 1.165) is 27.7 Å². The van der Waals surface area contributed by atoms with E-state index in [1.54, 1.807) is 17.8 Å². The molecule has 80 valence electrons. The molecule has 0 spiro atoms. The molecule has 1 N–H and O–H groups in total. The topological polar surface area (TPSA) is 58.9 Å². The first-order chi connectivity index (χ1) is 7.22. The standard InChI is InChI=1S/C9H9NO3S2/c1-13-10-6-2-3-14-9-5(6)4-7(15-9)8(11)12/h4H,2-3H2,1H3,(H,11,12). The maximum atomic E-state index is 10.8. The predicted octanol–water partition coefficient (Wildman–Crippen LogP) is 2.29. The lowest BCUT2D eigenvalue weighted by atomic mass is 10.1. The van der Waals surface area contributed by atoms with Crippen LogP contribution in [0.1, 0.15) is 21.7 Å². The molecule has 1 aliphatic heterocycles. The molecule has 1 aliphatic rings. The molecule has 6 heteroatoms. The highest BCUT2D eigenvalue weighted by Crippen LogP contribution is 2.37. The summed E-state index contributed by atoms with van der Waals surface area (Å²) in [6.45, 7) is 0. The van der Waals surface area contributed by atoms with Crippen molar-refractivity contribution in [3.05, 3.63) is 16.5 Å². The molecule has 0 unspecified atom stereocenters. The number of thioether (sulfide) groups is 1. The van der Waals surface area contributed by atoms with Crippen LogP contribution in [0.15, 0.2) is 15.4 Å². The van der Waals surface area contributed by atoms with Crippen LogP contribution in [0.4, 0.5) is 0 Å². The first-order valence-electron chi connectivity index (χ1n) is 4.32. The maximum absolute atomic E-state index is 10.8. The second kappa shape index (κ2) is 4.24. The summed E-state index contributed by atoms with van der Waals surface area (Å²) in [7, 11) is 1.50. The van der Waals surface area contributed by atoms with Crippen molar-refractivity contribution in [2.45, 2.75) is 10.6 Å². The van der Waals surface area contributed by atoms with Gasteiger partial charge in [-0.1, -0.05) is 5.16 Å². The van der Waals surface area contributed by atoms with Crippen molar-refractivity contribution in [1.29, 1.82) is 0 Å². The zero-order chi connectivity index (χ0) is 10.8. The van der Waals surface area contributed by atoms with Crippen molar-refractivity contribution in [2.24, 2.45) is 5.16 Å². The average molecular weight is 243 g/mol. The van der Waals surface area contributed by atoms with Crippen LogP contribution in [-0.2, 0) is 4.84 Å². The summed E-state index contributed by atoms with van der Waals surface area (Å²) >= 11 is 2.98. The summed E-state index contributed by atoms with van der Waals surface area (Å²) in [5, 5.41) is 12.8. The lowest BCUT2D eigenvalue weighted by Gasteiger charge is -2.11. The molecule has 0 aromatic carbocycles. The van der Waals surface area contributed by atoms with Gasteiger partial charge in [0, 0.05) is 17.7 Å². The molecule has 0 aliphatic carbocycles. The van der Waals surface area contributed by atoms with E-state index in [-0.39, 0.29) is 0 Å². The third kappa shape index (κ3) is 2.00. The number of carboxylic acid groups (broad SMARTS) is 1. The number of hydrogen-bond acceptors (Lipinski definition) is 5. The number of carbonyl (C=O) groups is 1. The molecule has 0 radical (unpaired) electrons. The molecule has 2 rings (SSSR count). The Kier molecular flexibility index (Phi) is 2.97. The molecule has 0 saturated heterocycles. The van der Waals surface area contributed by atoms with Crippen molar-refractivity contribution in [3.8, 4) is 0 Å². The minimum Gasteiger partial charge on any atom is -0.477 e. The lowest BCUT2D eigenvalue weighted by Crippen LogP contribution is -2.07. The van der Waals surface area contributed by atoms with Gasteiger partial charge in [0.05, 0.1) is 9.92 Å². The molecular formula is C9H9NO3S2. The maximum Gasteiger partial charge on any atom is 0.345 e. The monoisotopic (exact) mass is 243 g/mol. The van der Waals surface area contributed by atoms with E-state index >= 15 is 0 Å². The van der Waals surface area contributed by atoms with Crippen LogP contribution in [0.25, 0.3) is 0 Å². The molecule has 1 aromatic heterocycles. The van der Waals surface area contributed by atoms with Gasteiger partial charge in [0.1, 0.15) is 12.0 Å².